The first-order valence-electron chi connectivity index (χ1n) is 11.0. The molecule has 1 atom stereocenters. The second-order valence-corrected chi connectivity index (χ2v) is 8.64. The van der Waals surface area contributed by atoms with E-state index in [-0.39, 0.29) is 22.8 Å². The molecule has 6 heteroatoms. The fraction of sp³-hybridized carbons (Fsp3) is 0.214. The highest BCUT2D eigenvalue weighted by molar-refractivity contribution is 6.51. The number of aliphatic hydroxyl groups excluding tert-OH is 1. The summed E-state index contributed by atoms with van der Waals surface area (Å²) in [5, 5.41) is 11.3. The molecule has 3 aromatic rings. The van der Waals surface area contributed by atoms with Crippen LogP contribution in [0.15, 0.2) is 72.3 Å². The molecule has 0 radical (unpaired) electrons. The minimum absolute atomic E-state index is 0.0834. The number of hydrogen-bond acceptors (Lipinski definition) is 4. The van der Waals surface area contributed by atoms with Crippen LogP contribution < -0.4 is 9.64 Å². The third-order valence-corrected chi connectivity index (χ3v) is 6.08. The van der Waals surface area contributed by atoms with Crippen molar-refractivity contribution in [1.82, 2.24) is 0 Å². The van der Waals surface area contributed by atoms with Gasteiger partial charge in [-0.2, -0.15) is 0 Å². The number of benzene rings is 3. The number of carbonyl (C=O) groups excluding carboxylic acids is 2. The van der Waals surface area contributed by atoms with Crippen molar-refractivity contribution in [2.24, 2.45) is 0 Å². The van der Waals surface area contributed by atoms with E-state index in [0.717, 1.165) is 11.1 Å². The van der Waals surface area contributed by atoms with Gasteiger partial charge in [0.1, 0.15) is 17.3 Å². The van der Waals surface area contributed by atoms with E-state index < -0.39 is 23.5 Å². The molecular formula is C28H26FNO4. The van der Waals surface area contributed by atoms with Crippen LogP contribution in [0.3, 0.4) is 0 Å². The second-order valence-electron chi connectivity index (χ2n) is 8.64. The minimum Gasteiger partial charge on any atom is -0.507 e. The highest BCUT2D eigenvalue weighted by atomic mass is 19.1. The minimum atomic E-state index is -1.12. The van der Waals surface area contributed by atoms with Gasteiger partial charge in [0, 0.05) is 16.8 Å². The molecule has 1 saturated heterocycles. The van der Waals surface area contributed by atoms with E-state index in [9.17, 15) is 19.1 Å². The van der Waals surface area contributed by atoms with Gasteiger partial charge in [-0.3, -0.25) is 14.5 Å². The summed E-state index contributed by atoms with van der Waals surface area (Å²) in [6.45, 7) is 5.87. The molecule has 1 amide bonds. The van der Waals surface area contributed by atoms with Gasteiger partial charge in [0.2, 0.25) is 0 Å². The second kappa shape index (κ2) is 9.14. The number of amides is 1. The third kappa shape index (κ3) is 3.96. The number of aliphatic hydroxyl groups is 1. The molecule has 0 aliphatic carbocycles. The van der Waals surface area contributed by atoms with E-state index in [1.807, 2.05) is 32.9 Å². The Labute approximate surface area is 198 Å². The predicted octanol–water partition coefficient (Wildman–Crippen LogP) is 5.89. The third-order valence-electron chi connectivity index (χ3n) is 6.08. The lowest BCUT2D eigenvalue weighted by atomic mass is 9.93. The van der Waals surface area contributed by atoms with Gasteiger partial charge in [-0.25, -0.2) is 4.39 Å². The van der Waals surface area contributed by atoms with Crippen LogP contribution in [0.25, 0.3) is 5.76 Å². The van der Waals surface area contributed by atoms with Crippen molar-refractivity contribution in [3.8, 4) is 5.75 Å². The lowest BCUT2D eigenvalue weighted by Crippen LogP contribution is -2.29. The maximum Gasteiger partial charge on any atom is 0.300 e. The number of methoxy groups -OCH3 is 1. The Bertz CT molecular complexity index is 1290. The van der Waals surface area contributed by atoms with E-state index in [1.54, 1.807) is 43.5 Å². The van der Waals surface area contributed by atoms with Crippen molar-refractivity contribution in [3.63, 3.8) is 0 Å². The topological polar surface area (TPSA) is 66.8 Å². The quantitative estimate of drug-likeness (QED) is 0.293. The van der Waals surface area contributed by atoms with Gasteiger partial charge in [0.15, 0.2) is 0 Å². The van der Waals surface area contributed by atoms with Crippen molar-refractivity contribution in [2.75, 3.05) is 12.0 Å². The molecule has 5 nitrogen and oxygen atoms in total. The van der Waals surface area contributed by atoms with E-state index in [2.05, 4.69) is 0 Å². The van der Waals surface area contributed by atoms with Crippen LogP contribution in [0.4, 0.5) is 10.1 Å². The first-order valence-corrected chi connectivity index (χ1v) is 11.0. The highest BCUT2D eigenvalue weighted by Gasteiger charge is 2.47. The summed E-state index contributed by atoms with van der Waals surface area (Å²) in [5.74, 6) is -1.89. The molecule has 3 aromatic carbocycles. The van der Waals surface area contributed by atoms with Gasteiger partial charge in [-0.15, -0.1) is 0 Å². The molecule has 174 valence electrons. The number of carbonyl (C=O) groups is 2. The molecule has 0 saturated carbocycles. The average Bonchev–Trinajstić information content (AvgIpc) is 3.09. The molecule has 1 heterocycles. The number of halogens is 1. The van der Waals surface area contributed by atoms with Crippen molar-refractivity contribution < 1.29 is 23.8 Å². The zero-order valence-corrected chi connectivity index (χ0v) is 19.5. The van der Waals surface area contributed by atoms with Gasteiger partial charge in [0.25, 0.3) is 11.7 Å². The van der Waals surface area contributed by atoms with Crippen molar-refractivity contribution in [2.45, 2.75) is 32.7 Å². The van der Waals surface area contributed by atoms with Crippen molar-refractivity contribution in [1.29, 1.82) is 0 Å². The van der Waals surface area contributed by atoms with Crippen LogP contribution in [0.5, 0.6) is 5.75 Å². The van der Waals surface area contributed by atoms with E-state index in [0.29, 0.717) is 17.0 Å². The van der Waals surface area contributed by atoms with Crippen LogP contribution in [0.1, 0.15) is 48.1 Å². The Balaban J connectivity index is 1.96. The van der Waals surface area contributed by atoms with Crippen LogP contribution in [-0.2, 0) is 9.59 Å². The molecule has 0 bridgehead atoms. The van der Waals surface area contributed by atoms with Crippen LogP contribution >= 0.6 is 0 Å². The Morgan fingerprint density at radius 1 is 1.03 bits per heavy atom. The highest BCUT2D eigenvalue weighted by Crippen LogP contribution is 2.43. The Kier molecular flexibility index (Phi) is 6.24. The number of aryl methyl sites for hydroxylation is 1. The molecule has 1 fully saturated rings. The lowest BCUT2D eigenvalue weighted by molar-refractivity contribution is -0.132. The first kappa shape index (κ1) is 23.2. The summed E-state index contributed by atoms with van der Waals surface area (Å²) in [5.41, 5.74) is 2.58. The fourth-order valence-electron chi connectivity index (χ4n) is 4.28. The van der Waals surface area contributed by atoms with Gasteiger partial charge >= 0.3 is 0 Å². The van der Waals surface area contributed by atoms with Gasteiger partial charge in [0.05, 0.1) is 18.7 Å². The van der Waals surface area contributed by atoms with Gasteiger partial charge < -0.3 is 9.84 Å². The monoisotopic (exact) mass is 459 g/mol. The summed E-state index contributed by atoms with van der Waals surface area (Å²) in [6, 6.07) is 16.9. The molecule has 1 aliphatic heterocycles. The van der Waals surface area contributed by atoms with E-state index in [4.69, 9.17) is 4.74 Å². The Morgan fingerprint density at radius 3 is 2.32 bits per heavy atom. The molecule has 1 unspecified atom stereocenters. The lowest BCUT2D eigenvalue weighted by Gasteiger charge is -2.26. The summed E-state index contributed by atoms with van der Waals surface area (Å²) < 4.78 is 20.4. The maximum atomic E-state index is 15.0. The molecule has 1 N–H and O–H groups in total. The normalized spacial score (nSPS) is 17.5. The standard InChI is InChI=1S/C28H26FNO4/c1-16(2)21-15-18(11-14-23(21)34-4)26(31)24-25(20-7-5-6-8-22(20)29)30(28(33)27(24)32)19-12-9-17(3)10-13-19/h5-16,25,31H,1-4H3/b26-24+. The van der Waals surface area contributed by atoms with Crippen LogP contribution in [0.2, 0.25) is 0 Å². The maximum absolute atomic E-state index is 15.0. The zero-order chi connectivity index (χ0) is 24.6. The van der Waals surface area contributed by atoms with Crippen molar-refractivity contribution in [3.05, 3.63) is 100 Å². The molecule has 34 heavy (non-hydrogen) atoms. The number of rotatable bonds is 5. The summed E-state index contributed by atoms with van der Waals surface area (Å²) in [6.07, 6.45) is 0. The molecular weight excluding hydrogens is 433 g/mol. The fourth-order valence-corrected chi connectivity index (χ4v) is 4.28. The summed E-state index contributed by atoms with van der Waals surface area (Å²) >= 11 is 0. The zero-order valence-electron chi connectivity index (χ0n) is 19.5. The Hall–Kier alpha value is -3.93. The van der Waals surface area contributed by atoms with E-state index in [1.165, 1.54) is 23.1 Å². The number of ketones is 1. The molecule has 4 rings (SSSR count). The van der Waals surface area contributed by atoms with E-state index >= 15 is 0 Å². The average molecular weight is 460 g/mol. The van der Waals surface area contributed by atoms with Gasteiger partial charge in [-0.05, 0) is 54.8 Å². The van der Waals surface area contributed by atoms with Gasteiger partial charge in [-0.1, -0.05) is 49.7 Å². The largest absolute Gasteiger partial charge is 0.507 e. The number of ether oxygens (including phenoxy) is 1. The predicted molar refractivity (Wildman–Crippen MR) is 129 cm³/mol. The molecule has 0 aromatic heterocycles. The first-order chi connectivity index (χ1) is 16.2. The number of nitrogens with zero attached hydrogens (tertiary/aromatic N) is 1. The SMILES string of the molecule is COc1ccc(/C(O)=C2\C(=O)C(=O)N(c3ccc(C)cc3)C2c2ccccc2F)cc1C(C)C. The summed E-state index contributed by atoms with van der Waals surface area (Å²) in [4.78, 5) is 27.7. The molecule has 1 aliphatic rings. The number of Topliss-reactive ketones (excluding diaryl/α,β-unsaturated/α-hetero) is 1. The number of anilines is 1. The van der Waals surface area contributed by atoms with Crippen LogP contribution in [-0.4, -0.2) is 23.9 Å². The number of hydrogen-bond donors (Lipinski definition) is 1. The summed E-state index contributed by atoms with van der Waals surface area (Å²) in [7, 11) is 1.56. The Morgan fingerprint density at radius 2 is 1.71 bits per heavy atom. The molecule has 0 spiro atoms. The van der Waals surface area contributed by atoms with Crippen molar-refractivity contribution >= 4 is 23.1 Å². The van der Waals surface area contributed by atoms with Crippen LogP contribution in [0, 0.1) is 12.7 Å². The smallest absolute Gasteiger partial charge is 0.300 e.